The third-order valence-corrected chi connectivity index (χ3v) is 6.48. The molecule has 27 heavy (non-hydrogen) atoms. The van der Waals surface area contributed by atoms with E-state index < -0.39 is 0 Å². The largest absolute Gasteiger partial charge is 0.455 e. The molecule has 0 unspecified atom stereocenters. The number of halogens is 2. The molecule has 0 N–H and O–H groups in total. The molecule has 6 aromatic rings. The van der Waals surface area contributed by atoms with Crippen LogP contribution in [-0.4, -0.2) is 0 Å². The van der Waals surface area contributed by atoms with E-state index in [4.69, 9.17) is 4.42 Å². The molecular weight excluding hydrogens is 464 g/mol. The average molecular weight is 476 g/mol. The lowest BCUT2D eigenvalue weighted by Gasteiger charge is -2.12. The fraction of sp³-hybridized carbons (Fsp3) is 0. The van der Waals surface area contributed by atoms with Crippen LogP contribution in [0.5, 0.6) is 0 Å². The summed E-state index contributed by atoms with van der Waals surface area (Å²) in [6.07, 6.45) is 0. The molecule has 6 rings (SSSR count). The molecule has 3 heteroatoms. The van der Waals surface area contributed by atoms with Gasteiger partial charge in [-0.1, -0.05) is 64.5 Å². The van der Waals surface area contributed by atoms with E-state index in [1.807, 2.05) is 12.1 Å². The van der Waals surface area contributed by atoms with Crippen LogP contribution < -0.4 is 0 Å². The van der Waals surface area contributed by atoms with Gasteiger partial charge in [0.1, 0.15) is 11.2 Å². The van der Waals surface area contributed by atoms with E-state index >= 15 is 0 Å². The molecule has 0 aliphatic heterocycles. The maximum atomic E-state index is 6.39. The number of benzene rings is 5. The van der Waals surface area contributed by atoms with Crippen LogP contribution in [0.15, 0.2) is 86.2 Å². The predicted octanol–water partition coefficient (Wildman–Crippen LogP) is 8.57. The SMILES string of the molecule is Brc1ccc2c(c1)c1ccccc1c1cc(Br)c3c4ccccc4oc3c21. The summed E-state index contributed by atoms with van der Waals surface area (Å²) in [5.41, 5.74) is 1.86. The van der Waals surface area contributed by atoms with Crippen molar-refractivity contribution in [2.45, 2.75) is 0 Å². The number of hydrogen-bond donors (Lipinski definition) is 0. The highest BCUT2D eigenvalue weighted by Gasteiger charge is 2.18. The van der Waals surface area contributed by atoms with Crippen molar-refractivity contribution in [1.82, 2.24) is 0 Å². The van der Waals surface area contributed by atoms with Gasteiger partial charge in [-0.3, -0.25) is 0 Å². The summed E-state index contributed by atoms with van der Waals surface area (Å²) >= 11 is 7.45. The van der Waals surface area contributed by atoms with Crippen molar-refractivity contribution in [2.75, 3.05) is 0 Å². The maximum absolute atomic E-state index is 6.39. The van der Waals surface area contributed by atoms with Crippen molar-refractivity contribution in [3.8, 4) is 0 Å². The first kappa shape index (κ1) is 15.7. The second-order valence-corrected chi connectivity index (χ2v) is 8.59. The number of rotatable bonds is 0. The van der Waals surface area contributed by atoms with Gasteiger partial charge in [0, 0.05) is 25.1 Å². The number of para-hydroxylation sites is 1. The van der Waals surface area contributed by atoms with Gasteiger partial charge in [-0.05, 0) is 67.1 Å². The third kappa shape index (κ3) is 2.10. The molecule has 5 aromatic carbocycles. The molecule has 0 atom stereocenters. The first-order valence-electron chi connectivity index (χ1n) is 8.76. The molecule has 0 aliphatic carbocycles. The highest BCUT2D eigenvalue weighted by molar-refractivity contribution is 9.11. The minimum Gasteiger partial charge on any atom is -0.455 e. The molecule has 128 valence electrons. The van der Waals surface area contributed by atoms with Crippen molar-refractivity contribution in [3.63, 3.8) is 0 Å². The van der Waals surface area contributed by atoms with Crippen molar-refractivity contribution < 1.29 is 4.42 Å². The number of fused-ring (bicyclic) bond motifs is 10. The van der Waals surface area contributed by atoms with Crippen molar-refractivity contribution in [3.05, 3.63) is 81.7 Å². The topological polar surface area (TPSA) is 13.1 Å². The lowest BCUT2D eigenvalue weighted by molar-refractivity contribution is 0.673. The summed E-state index contributed by atoms with van der Waals surface area (Å²) in [5.74, 6) is 0. The van der Waals surface area contributed by atoms with Gasteiger partial charge < -0.3 is 4.42 Å². The van der Waals surface area contributed by atoms with Crippen molar-refractivity contribution in [2.24, 2.45) is 0 Å². The molecule has 0 amide bonds. The quantitative estimate of drug-likeness (QED) is 0.200. The van der Waals surface area contributed by atoms with E-state index in [1.165, 1.54) is 32.3 Å². The summed E-state index contributed by atoms with van der Waals surface area (Å²) < 4.78 is 8.54. The Morgan fingerprint density at radius 1 is 0.556 bits per heavy atom. The van der Waals surface area contributed by atoms with Gasteiger partial charge in [0.05, 0.1) is 0 Å². The van der Waals surface area contributed by atoms with Crippen LogP contribution in [0.4, 0.5) is 0 Å². The van der Waals surface area contributed by atoms with Crippen LogP contribution in [0.1, 0.15) is 0 Å². The van der Waals surface area contributed by atoms with Gasteiger partial charge in [-0.15, -0.1) is 0 Å². The molecule has 0 bridgehead atoms. The zero-order valence-corrected chi connectivity index (χ0v) is 17.3. The smallest absolute Gasteiger partial charge is 0.145 e. The standard InChI is InChI=1S/C24H12Br2O/c25-13-9-10-16-18(11-13)14-5-1-2-6-15(14)19-12-20(26)23-17-7-3-4-8-21(17)27-24(23)22(16)19/h1-12H. The first-order chi connectivity index (χ1) is 13.2. The Morgan fingerprint density at radius 3 is 2.07 bits per heavy atom. The Kier molecular flexibility index (Phi) is 3.23. The minimum absolute atomic E-state index is 0.916. The molecule has 0 saturated carbocycles. The van der Waals surface area contributed by atoms with Gasteiger partial charge in [0.15, 0.2) is 0 Å². The summed E-state index contributed by atoms with van der Waals surface area (Å²) in [4.78, 5) is 0. The van der Waals surface area contributed by atoms with E-state index in [-0.39, 0.29) is 0 Å². The van der Waals surface area contributed by atoms with E-state index in [9.17, 15) is 0 Å². The zero-order valence-electron chi connectivity index (χ0n) is 14.1. The van der Waals surface area contributed by atoms with Crippen LogP contribution in [0, 0.1) is 0 Å². The number of furan rings is 1. The van der Waals surface area contributed by atoms with E-state index in [2.05, 4.69) is 92.5 Å². The normalized spacial score (nSPS) is 12.1. The monoisotopic (exact) mass is 474 g/mol. The summed E-state index contributed by atoms with van der Waals surface area (Å²) in [6.45, 7) is 0. The van der Waals surface area contributed by atoms with E-state index in [1.54, 1.807) is 0 Å². The Hall–Kier alpha value is -2.36. The summed E-state index contributed by atoms with van der Waals surface area (Å²) in [7, 11) is 0. The molecule has 0 saturated heterocycles. The zero-order chi connectivity index (χ0) is 18.1. The summed E-state index contributed by atoms with van der Waals surface area (Å²) in [6, 6.07) is 25.6. The van der Waals surface area contributed by atoms with Gasteiger partial charge >= 0.3 is 0 Å². The second-order valence-electron chi connectivity index (χ2n) is 6.82. The number of hydrogen-bond acceptors (Lipinski definition) is 1. The van der Waals surface area contributed by atoms with Gasteiger partial charge in [0.2, 0.25) is 0 Å². The fourth-order valence-electron chi connectivity index (χ4n) is 4.24. The Balaban J connectivity index is 2.03. The molecule has 1 heterocycles. The molecule has 0 radical (unpaired) electrons. The van der Waals surface area contributed by atoms with Gasteiger partial charge in [-0.2, -0.15) is 0 Å². The van der Waals surface area contributed by atoms with Crippen LogP contribution >= 0.6 is 31.9 Å². The predicted molar refractivity (Wildman–Crippen MR) is 122 cm³/mol. The van der Waals surface area contributed by atoms with E-state index in [0.717, 1.165) is 30.9 Å². The third-order valence-electron chi connectivity index (χ3n) is 5.36. The van der Waals surface area contributed by atoms with Crippen LogP contribution in [0.3, 0.4) is 0 Å². The molecular formula is C24H12Br2O. The van der Waals surface area contributed by atoms with Crippen LogP contribution in [0.2, 0.25) is 0 Å². The molecule has 1 nitrogen and oxygen atoms in total. The van der Waals surface area contributed by atoms with Crippen LogP contribution in [0.25, 0.3) is 54.3 Å². The first-order valence-corrected chi connectivity index (χ1v) is 10.3. The maximum Gasteiger partial charge on any atom is 0.145 e. The highest BCUT2D eigenvalue weighted by Crippen LogP contribution is 2.45. The summed E-state index contributed by atoms with van der Waals surface area (Å²) in [5, 5.41) is 9.59. The highest BCUT2D eigenvalue weighted by atomic mass is 79.9. The van der Waals surface area contributed by atoms with Gasteiger partial charge in [-0.25, -0.2) is 0 Å². The van der Waals surface area contributed by atoms with E-state index in [0.29, 0.717) is 0 Å². The molecule has 0 spiro atoms. The van der Waals surface area contributed by atoms with Crippen molar-refractivity contribution in [1.29, 1.82) is 0 Å². The van der Waals surface area contributed by atoms with Crippen molar-refractivity contribution >= 4 is 86.1 Å². The lowest BCUT2D eigenvalue weighted by Crippen LogP contribution is -1.85. The van der Waals surface area contributed by atoms with Crippen LogP contribution in [-0.2, 0) is 0 Å². The fourth-order valence-corrected chi connectivity index (χ4v) is 5.23. The Bertz CT molecular complexity index is 1540. The Labute approximate surface area is 171 Å². The Morgan fingerprint density at radius 2 is 1.26 bits per heavy atom. The minimum atomic E-state index is 0.916. The molecule has 0 aliphatic rings. The average Bonchev–Trinajstić information content (AvgIpc) is 3.08. The molecule has 0 fully saturated rings. The lowest BCUT2D eigenvalue weighted by atomic mass is 9.93. The molecule has 1 aromatic heterocycles. The van der Waals surface area contributed by atoms with Gasteiger partial charge in [0.25, 0.3) is 0 Å². The second kappa shape index (κ2) is 5.57.